The van der Waals surface area contributed by atoms with Crippen molar-refractivity contribution in [3.05, 3.63) is 47.8 Å². The molecular formula is C10H12N4. The first kappa shape index (κ1) is 8.90. The van der Waals surface area contributed by atoms with E-state index in [-0.39, 0.29) is 6.04 Å². The van der Waals surface area contributed by atoms with Gasteiger partial charge < -0.3 is 10.7 Å². The molecule has 0 saturated heterocycles. The third-order valence-corrected chi connectivity index (χ3v) is 2.11. The van der Waals surface area contributed by atoms with Crippen LogP contribution in [0.4, 0.5) is 0 Å². The predicted molar refractivity (Wildman–Crippen MR) is 53.6 cm³/mol. The number of hydrogen-bond donors (Lipinski definition) is 2. The first-order valence-corrected chi connectivity index (χ1v) is 4.45. The SMILES string of the molecule is Cc1ccc(C(N)c2ncc[nH]2)cn1. The standard InChI is InChI=1S/C10H12N4/c1-7-2-3-8(6-14-7)9(11)10-12-4-5-13-10/h2-6,9H,11H2,1H3,(H,12,13). The topological polar surface area (TPSA) is 67.6 Å². The highest BCUT2D eigenvalue weighted by atomic mass is 14.9. The molecule has 1 atom stereocenters. The lowest BCUT2D eigenvalue weighted by Gasteiger charge is -2.08. The summed E-state index contributed by atoms with van der Waals surface area (Å²) in [5, 5.41) is 0. The molecule has 1 unspecified atom stereocenters. The molecule has 0 aliphatic rings. The van der Waals surface area contributed by atoms with E-state index in [2.05, 4.69) is 15.0 Å². The van der Waals surface area contributed by atoms with E-state index in [1.54, 1.807) is 18.6 Å². The number of aryl methyl sites for hydroxylation is 1. The summed E-state index contributed by atoms with van der Waals surface area (Å²) in [6, 6.07) is 3.69. The zero-order valence-electron chi connectivity index (χ0n) is 7.94. The van der Waals surface area contributed by atoms with Crippen molar-refractivity contribution in [2.45, 2.75) is 13.0 Å². The Labute approximate surface area is 82.2 Å². The minimum atomic E-state index is -0.224. The molecule has 4 nitrogen and oxygen atoms in total. The van der Waals surface area contributed by atoms with Gasteiger partial charge in [-0.1, -0.05) is 6.07 Å². The van der Waals surface area contributed by atoms with Crippen molar-refractivity contribution in [1.29, 1.82) is 0 Å². The van der Waals surface area contributed by atoms with Crippen molar-refractivity contribution in [2.24, 2.45) is 5.73 Å². The van der Waals surface area contributed by atoms with E-state index in [4.69, 9.17) is 5.73 Å². The smallest absolute Gasteiger partial charge is 0.127 e. The van der Waals surface area contributed by atoms with Crippen LogP contribution in [0, 0.1) is 6.92 Å². The Balaban J connectivity index is 2.28. The van der Waals surface area contributed by atoms with Crippen LogP contribution in [-0.4, -0.2) is 15.0 Å². The molecule has 0 radical (unpaired) electrons. The van der Waals surface area contributed by atoms with Gasteiger partial charge in [-0.15, -0.1) is 0 Å². The van der Waals surface area contributed by atoms with E-state index in [1.165, 1.54) is 0 Å². The molecule has 2 aromatic heterocycles. The van der Waals surface area contributed by atoms with Crippen LogP contribution in [0.1, 0.15) is 23.1 Å². The lowest BCUT2D eigenvalue weighted by atomic mass is 10.1. The zero-order chi connectivity index (χ0) is 9.97. The van der Waals surface area contributed by atoms with Crippen LogP contribution in [0.25, 0.3) is 0 Å². The Morgan fingerprint density at radius 3 is 2.79 bits per heavy atom. The quantitative estimate of drug-likeness (QED) is 0.743. The van der Waals surface area contributed by atoms with Crippen LogP contribution in [0.3, 0.4) is 0 Å². The second-order valence-electron chi connectivity index (χ2n) is 3.18. The van der Waals surface area contributed by atoms with E-state index in [0.29, 0.717) is 0 Å². The second kappa shape index (κ2) is 3.59. The van der Waals surface area contributed by atoms with Gasteiger partial charge in [0, 0.05) is 24.3 Å². The molecule has 0 fully saturated rings. The van der Waals surface area contributed by atoms with E-state index >= 15 is 0 Å². The van der Waals surface area contributed by atoms with Gasteiger partial charge in [0.1, 0.15) is 5.82 Å². The number of aromatic amines is 1. The summed E-state index contributed by atoms with van der Waals surface area (Å²) < 4.78 is 0. The Morgan fingerprint density at radius 2 is 2.21 bits per heavy atom. The number of pyridine rings is 1. The van der Waals surface area contributed by atoms with E-state index < -0.39 is 0 Å². The van der Waals surface area contributed by atoms with Gasteiger partial charge in [-0.2, -0.15) is 0 Å². The van der Waals surface area contributed by atoms with E-state index in [9.17, 15) is 0 Å². The minimum Gasteiger partial charge on any atom is -0.347 e. The molecule has 0 aliphatic carbocycles. The number of imidazole rings is 1. The number of nitrogens with two attached hydrogens (primary N) is 1. The van der Waals surface area contributed by atoms with Gasteiger partial charge in [-0.3, -0.25) is 4.98 Å². The van der Waals surface area contributed by atoms with Crippen molar-refractivity contribution in [1.82, 2.24) is 15.0 Å². The fraction of sp³-hybridized carbons (Fsp3) is 0.200. The molecule has 0 bridgehead atoms. The van der Waals surface area contributed by atoms with Crippen molar-refractivity contribution in [2.75, 3.05) is 0 Å². The molecule has 72 valence electrons. The summed E-state index contributed by atoms with van der Waals surface area (Å²) in [7, 11) is 0. The summed E-state index contributed by atoms with van der Waals surface area (Å²) >= 11 is 0. The van der Waals surface area contributed by atoms with Crippen LogP contribution < -0.4 is 5.73 Å². The van der Waals surface area contributed by atoms with Crippen molar-refractivity contribution < 1.29 is 0 Å². The lowest BCUT2D eigenvalue weighted by molar-refractivity contribution is 0.794. The molecule has 14 heavy (non-hydrogen) atoms. The van der Waals surface area contributed by atoms with Gasteiger partial charge in [0.15, 0.2) is 0 Å². The number of nitrogens with one attached hydrogen (secondary N) is 1. The predicted octanol–water partition coefficient (Wildman–Crippen LogP) is 1.16. The number of H-pyrrole nitrogens is 1. The minimum absolute atomic E-state index is 0.224. The maximum atomic E-state index is 5.98. The maximum Gasteiger partial charge on any atom is 0.127 e. The average Bonchev–Trinajstić information content (AvgIpc) is 2.71. The van der Waals surface area contributed by atoms with Crippen LogP contribution in [0.5, 0.6) is 0 Å². The average molecular weight is 188 g/mol. The van der Waals surface area contributed by atoms with Crippen molar-refractivity contribution in [3.63, 3.8) is 0 Å². The normalized spacial score (nSPS) is 12.7. The third-order valence-electron chi connectivity index (χ3n) is 2.11. The van der Waals surface area contributed by atoms with Crippen molar-refractivity contribution in [3.8, 4) is 0 Å². The summed E-state index contributed by atoms with van der Waals surface area (Å²) in [4.78, 5) is 11.3. The molecule has 2 heterocycles. The van der Waals surface area contributed by atoms with Crippen molar-refractivity contribution >= 4 is 0 Å². The second-order valence-corrected chi connectivity index (χ2v) is 3.18. The highest BCUT2D eigenvalue weighted by Gasteiger charge is 2.10. The first-order chi connectivity index (χ1) is 6.77. The lowest BCUT2D eigenvalue weighted by Crippen LogP contribution is -2.13. The van der Waals surface area contributed by atoms with Gasteiger partial charge in [0.05, 0.1) is 6.04 Å². The van der Waals surface area contributed by atoms with E-state index in [1.807, 2.05) is 19.1 Å². The molecule has 2 rings (SSSR count). The molecule has 0 aliphatic heterocycles. The Bertz CT molecular complexity index is 391. The highest BCUT2D eigenvalue weighted by molar-refractivity contribution is 5.22. The van der Waals surface area contributed by atoms with Gasteiger partial charge in [0.2, 0.25) is 0 Å². The fourth-order valence-corrected chi connectivity index (χ4v) is 1.27. The van der Waals surface area contributed by atoms with Gasteiger partial charge in [-0.05, 0) is 18.6 Å². The molecular weight excluding hydrogens is 176 g/mol. The largest absolute Gasteiger partial charge is 0.347 e. The van der Waals surface area contributed by atoms with Gasteiger partial charge >= 0.3 is 0 Å². The molecule has 4 heteroatoms. The van der Waals surface area contributed by atoms with Crippen LogP contribution in [0.15, 0.2) is 30.7 Å². The Kier molecular flexibility index (Phi) is 2.28. The summed E-state index contributed by atoms with van der Waals surface area (Å²) in [5.41, 5.74) is 7.93. The van der Waals surface area contributed by atoms with Gasteiger partial charge in [0.25, 0.3) is 0 Å². The maximum absolute atomic E-state index is 5.98. The third kappa shape index (κ3) is 1.65. The zero-order valence-corrected chi connectivity index (χ0v) is 7.94. The van der Waals surface area contributed by atoms with Crippen LogP contribution >= 0.6 is 0 Å². The Hall–Kier alpha value is -1.68. The molecule has 0 aromatic carbocycles. The molecule has 2 aromatic rings. The molecule has 0 amide bonds. The number of nitrogens with zero attached hydrogens (tertiary/aromatic N) is 2. The first-order valence-electron chi connectivity index (χ1n) is 4.45. The number of aromatic nitrogens is 3. The van der Waals surface area contributed by atoms with Crippen LogP contribution in [-0.2, 0) is 0 Å². The number of hydrogen-bond acceptors (Lipinski definition) is 3. The summed E-state index contributed by atoms with van der Waals surface area (Å²) in [6.45, 7) is 1.95. The molecule has 0 saturated carbocycles. The monoisotopic (exact) mass is 188 g/mol. The summed E-state index contributed by atoms with van der Waals surface area (Å²) in [5.74, 6) is 0.760. The number of rotatable bonds is 2. The van der Waals surface area contributed by atoms with Gasteiger partial charge in [-0.25, -0.2) is 4.98 Å². The Morgan fingerprint density at radius 1 is 1.36 bits per heavy atom. The molecule has 3 N–H and O–H groups in total. The van der Waals surface area contributed by atoms with Crippen LogP contribution in [0.2, 0.25) is 0 Å². The summed E-state index contributed by atoms with van der Waals surface area (Å²) in [6.07, 6.45) is 5.23. The fourth-order valence-electron chi connectivity index (χ4n) is 1.27. The molecule has 0 spiro atoms. The van der Waals surface area contributed by atoms with E-state index in [0.717, 1.165) is 17.1 Å². The highest BCUT2D eigenvalue weighted by Crippen LogP contribution is 2.14.